The highest BCUT2D eigenvalue weighted by Gasteiger charge is 2.18. The zero-order valence-electron chi connectivity index (χ0n) is 21.2. The highest BCUT2D eigenvalue weighted by Crippen LogP contribution is 2.35. The van der Waals surface area contributed by atoms with Gasteiger partial charge in [0.25, 0.3) is 0 Å². The summed E-state index contributed by atoms with van der Waals surface area (Å²) in [7, 11) is 3.03. The molecule has 10 nitrogen and oxygen atoms in total. The third-order valence-electron chi connectivity index (χ3n) is 5.92. The molecule has 1 aromatic heterocycles. The van der Waals surface area contributed by atoms with Crippen LogP contribution in [-0.4, -0.2) is 29.1 Å². The van der Waals surface area contributed by atoms with Crippen molar-refractivity contribution in [3.05, 3.63) is 94.2 Å². The number of nitro groups is 1. The van der Waals surface area contributed by atoms with Crippen molar-refractivity contribution in [2.24, 2.45) is 0 Å². The molecule has 0 bridgehead atoms. The highest BCUT2D eigenvalue weighted by molar-refractivity contribution is 5.98. The topological polar surface area (TPSA) is 165 Å². The van der Waals surface area contributed by atoms with E-state index in [4.69, 9.17) is 26.7 Å². The second-order valence-corrected chi connectivity index (χ2v) is 8.11. The largest absolute Gasteiger partial charge is 0.495 e. The molecule has 0 atom stereocenters. The van der Waals surface area contributed by atoms with Gasteiger partial charge in [-0.15, -0.1) is 24.8 Å². The molecule has 39 heavy (non-hydrogen) atoms. The number of nitro benzene ring substituents is 1. The Balaban J connectivity index is 0.000000277. The zero-order valence-corrected chi connectivity index (χ0v) is 22.8. The van der Waals surface area contributed by atoms with Gasteiger partial charge >= 0.3 is 5.69 Å². The van der Waals surface area contributed by atoms with Gasteiger partial charge in [0, 0.05) is 23.6 Å². The van der Waals surface area contributed by atoms with E-state index in [0.29, 0.717) is 34.8 Å². The Morgan fingerprint density at radius 2 is 1.44 bits per heavy atom. The number of halogens is 2. The second kappa shape index (κ2) is 13.3. The van der Waals surface area contributed by atoms with Gasteiger partial charge < -0.3 is 26.7 Å². The number of ether oxygens (including phenoxy) is 2. The minimum Gasteiger partial charge on any atom is -0.495 e. The van der Waals surface area contributed by atoms with Gasteiger partial charge in [0.05, 0.1) is 30.2 Å². The lowest BCUT2D eigenvalue weighted by molar-refractivity contribution is -0.383. The number of hydrogen-bond donors (Lipinski definition) is 3. The molecule has 0 aliphatic rings. The average Bonchev–Trinajstić information content (AvgIpc) is 2.91. The summed E-state index contributed by atoms with van der Waals surface area (Å²) in [5.74, 6) is 1.48. The SMILES string of the molecule is COc1cc(Cc2cnc(N)nc2N)c2ccccc2c1N.COc1ccc2ccccc2c1[N+](=O)[O-].Cl.Cl. The fraction of sp³-hybridized carbons (Fsp3) is 0.111. The molecule has 0 amide bonds. The van der Waals surface area contributed by atoms with Crippen LogP contribution in [-0.2, 0) is 6.42 Å². The minimum atomic E-state index is -0.416. The number of hydrogen-bond acceptors (Lipinski definition) is 9. The van der Waals surface area contributed by atoms with Gasteiger partial charge in [0.2, 0.25) is 5.95 Å². The van der Waals surface area contributed by atoms with Crippen molar-refractivity contribution >= 4 is 69.5 Å². The van der Waals surface area contributed by atoms with Gasteiger partial charge in [-0.1, -0.05) is 48.5 Å². The van der Waals surface area contributed by atoms with Gasteiger partial charge in [-0.3, -0.25) is 10.1 Å². The normalized spacial score (nSPS) is 10.0. The molecular weight excluding hydrogens is 543 g/mol. The Morgan fingerprint density at radius 1 is 0.821 bits per heavy atom. The number of nitrogen functional groups attached to an aromatic ring is 3. The van der Waals surface area contributed by atoms with E-state index in [1.54, 1.807) is 37.6 Å². The van der Waals surface area contributed by atoms with E-state index in [1.807, 2.05) is 42.5 Å². The third kappa shape index (κ3) is 6.49. The van der Waals surface area contributed by atoms with Gasteiger partial charge in [0.15, 0.2) is 5.75 Å². The quantitative estimate of drug-likeness (QED) is 0.139. The molecule has 0 aliphatic heterocycles. The molecule has 5 aromatic rings. The summed E-state index contributed by atoms with van der Waals surface area (Å²) in [5, 5.41) is 14.4. The summed E-state index contributed by atoms with van der Waals surface area (Å²) in [6, 6.07) is 20.4. The predicted octanol–water partition coefficient (Wildman–Crippen LogP) is 5.58. The maximum atomic E-state index is 10.9. The predicted molar refractivity (Wildman–Crippen MR) is 160 cm³/mol. The van der Waals surface area contributed by atoms with E-state index >= 15 is 0 Å². The summed E-state index contributed by atoms with van der Waals surface area (Å²) in [6.45, 7) is 0. The van der Waals surface area contributed by atoms with Crippen LogP contribution in [0.2, 0.25) is 0 Å². The number of fused-ring (bicyclic) bond motifs is 2. The maximum Gasteiger partial charge on any atom is 0.318 e. The van der Waals surface area contributed by atoms with Crippen molar-refractivity contribution in [1.29, 1.82) is 0 Å². The van der Waals surface area contributed by atoms with E-state index < -0.39 is 4.92 Å². The maximum absolute atomic E-state index is 10.9. The Bertz CT molecular complexity index is 1620. The number of anilines is 3. The van der Waals surface area contributed by atoms with Crippen molar-refractivity contribution in [2.75, 3.05) is 31.4 Å². The van der Waals surface area contributed by atoms with Crippen molar-refractivity contribution in [3.8, 4) is 11.5 Å². The van der Waals surface area contributed by atoms with E-state index in [1.165, 1.54) is 7.11 Å². The molecule has 0 fully saturated rings. The Labute approximate surface area is 237 Å². The Hall–Kier alpha value is -4.54. The van der Waals surface area contributed by atoms with Crippen LogP contribution in [0, 0.1) is 10.1 Å². The van der Waals surface area contributed by atoms with Crippen LogP contribution in [0.4, 0.5) is 23.1 Å². The lowest BCUT2D eigenvalue weighted by Gasteiger charge is -2.13. The zero-order chi connectivity index (χ0) is 26.5. The first-order valence-electron chi connectivity index (χ1n) is 11.2. The fourth-order valence-corrected chi connectivity index (χ4v) is 4.12. The minimum absolute atomic E-state index is 0. The van der Waals surface area contributed by atoms with Crippen LogP contribution in [0.5, 0.6) is 11.5 Å². The molecule has 5 rings (SSSR count). The first kappa shape index (κ1) is 30.7. The van der Waals surface area contributed by atoms with Crippen molar-refractivity contribution in [2.45, 2.75) is 6.42 Å². The molecule has 0 saturated heterocycles. The molecule has 1 heterocycles. The van der Waals surface area contributed by atoms with Gasteiger partial charge in [-0.25, -0.2) is 4.98 Å². The molecule has 6 N–H and O–H groups in total. The molecule has 0 unspecified atom stereocenters. The first-order valence-corrected chi connectivity index (χ1v) is 11.2. The number of nitrogens with zero attached hydrogens (tertiary/aromatic N) is 3. The molecule has 0 aliphatic carbocycles. The molecule has 12 heteroatoms. The van der Waals surface area contributed by atoms with Crippen LogP contribution in [0.3, 0.4) is 0 Å². The Kier molecular flexibility index (Phi) is 10.5. The highest BCUT2D eigenvalue weighted by atomic mass is 35.5. The number of benzene rings is 4. The summed E-state index contributed by atoms with van der Waals surface area (Å²) in [5.41, 5.74) is 20.1. The Morgan fingerprint density at radius 3 is 2.05 bits per heavy atom. The van der Waals surface area contributed by atoms with Crippen molar-refractivity contribution in [1.82, 2.24) is 9.97 Å². The monoisotopic (exact) mass is 570 g/mol. The van der Waals surface area contributed by atoms with Crippen molar-refractivity contribution in [3.63, 3.8) is 0 Å². The van der Waals surface area contributed by atoms with Crippen LogP contribution in [0.25, 0.3) is 21.5 Å². The van der Waals surface area contributed by atoms with Crippen LogP contribution in [0.15, 0.2) is 72.9 Å². The number of methoxy groups -OCH3 is 2. The van der Waals surface area contributed by atoms with E-state index in [0.717, 1.165) is 27.3 Å². The summed E-state index contributed by atoms with van der Waals surface area (Å²) in [6.07, 6.45) is 2.22. The molecule has 0 spiro atoms. The first-order chi connectivity index (χ1) is 17.8. The van der Waals surface area contributed by atoms with Crippen LogP contribution >= 0.6 is 24.8 Å². The lowest BCUT2D eigenvalue weighted by atomic mass is 9.97. The number of rotatable bonds is 5. The van der Waals surface area contributed by atoms with Gasteiger partial charge in [0.1, 0.15) is 11.6 Å². The number of aromatic nitrogens is 2. The third-order valence-corrected chi connectivity index (χ3v) is 5.92. The van der Waals surface area contributed by atoms with E-state index in [2.05, 4.69) is 9.97 Å². The van der Waals surface area contributed by atoms with Gasteiger partial charge in [-0.2, -0.15) is 4.98 Å². The standard InChI is InChI=1S/C16H17N5O.C11H9NO3.2ClH/c1-22-13-7-9(6-10-8-20-16(19)21-15(10)18)11-4-2-3-5-12(11)14(13)17;1-15-10-7-6-8-4-2-3-5-9(8)11(10)12(13)14;;/h2-5,7-8H,6,17H2,1H3,(H4,18,19,20,21);2-7H,1H3;2*1H. The lowest BCUT2D eigenvalue weighted by Crippen LogP contribution is -2.05. The molecule has 0 radical (unpaired) electrons. The average molecular weight is 571 g/mol. The summed E-state index contributed by atoms with van der Waals surface area (Å²) < 4.78 is 10.3. The summed E-state index contributed by atoms with van der Waals surface area (Å²) >= 11 is 0. The smallest absolute Gasteiger partial charge is 0.318 e. The molecule has 4 aromatic carbocycles. The summed E-state index contributed by atoms with van der Waals surface area (Å²) in [4.78, 5) is 18.5. The fourth-order valence-electron chi connectivity index (χ4n) is 4.12. The number of nitrogens with two attached hydrogens (primary N) is 3. The molecule has 204 valence electrons. The van der Waals surface area contributed by atoms with E-state index in [9.17, 15) is 10.1 Å². The van der Waals surface area contributed by atoms with Gasteiger partial charge in [-0.05, 0) is 34.5 Å². The molecular formula is C27H28Cl2N6O4. The second-order valence-electron chi connectivity index (χ2n) is 8.11. The molecule has 0 saturated carbocycles. The van der Waals surface area contributed by atoms with Crippen molar-refractivity contribution < 1.29 is 14.4 Å². The van der Waals surface area contributed by atoms with Crippen LogP contribution in [0.1, 0.15) is 11.1 Å². The van der Waals surface area contributed by atoms with E-state index in [-0.39, 0.29) is 36.4 Å². The van der Waals surface area contributed by atoms with Crippen LogP contribution < -0.4 is 26.7 Å².